The van der Waals surface area contributed by atoms with Gasteiger partial charge in [-0.2, -0.15) is 0 Å². The fraction of sp³-hybridized carbons (Fsp3) is 0.500. The zero-order chi connectivity index (χ0) is 14.3. The van der Waals surface area contributed by atoms with Gasteiger partial charge in [0, 0.05) is 32.4 Å². The number of aliphatic hydroxyl groups is 1. The molecule has 0 aromatic heterocycles. The maximum Gasteiger partial charge on any atom is 0.224 e. The molecular weight excluding hydrogens is 244 g/mol. The third-order valence-electron chi connectivity index (χ3n) is 2.86. The van der Waals surface area contributed by atoms with Crippen LogP contribution < -0.4 is 11.1 Å². The van der Waals surface area contributed by atoms with Crippen LogP contribution in [-0.2, 0) is 16.0 Å². The van der Waals surface area contributed by atoms with Gasteiger partial charge in [-0.05, 0) is 24.6 Å². The van der Waals surface area contributed by atoms with Gasteiger partial charge in [-0.15, -0.1) is 0 Å². The molecule has 5 heteroatoms. The van der Waals surface area contributed by atoms with Crippen molar-refractivity contribution in [3.05, 3.63) is 29.8 Å². The molecule has 1 atom stereocenters. The highest BCUT2D eigenvalue weighted by Crippen LogP contribution is 2.09. The first kappa shape index (κ1) is 15.5. The van der Waals surface area contributed by atoms with Crippen molar-refractivity contribution >= 4 is 11.6 Å². The van der Waals surface area contributed by atoms with Crippen LogP contribution in [0.1, 0.15) is 18.9 Å². The van der Waals surface area contributed by atoms with Gasteiger partial charge in [0.25, 0.3) is 0 Å². The minimum Gasteiger partial charge on any atom is -0.399 e. The van der Waals surface area contributed by atoms with Crippen molar-refractivity contribution in [2.75, 3.05) is 26.0 Å². The Hall–Kier alpha value is -1.59. The molecule has 0 aliphatic carbocycles. The number of hydrogen-bond acceptors (Lipinski definition) is 4. The number of methoxy groups -OCH3 is 1. The summed E-state index contributed by atoms with van der Waals surface area (Å²) >= 11 is 0. The van der Waals surface area contributed by atoms with Crippen molar-refractivity contribution in [1.29, 1.82) is 0 Å². The molecule has 106 valence electrons. The Balaban J connectivity index is 2.37. The molecule has 4 N–H and O–H groups in total. The number of rotatable bonds is 7. The van der Waals surface area contributed by atoms with Gasteiger partial charge in [0.15, 0.2) is 0 Å². The molecule has 1 rings (SSSR count). The van der Waals surface area contributed by atoms with Crippen molar-refractivity contribution < 1.29 is 14.6 Å². The van der Waals surface area contributed by atoms with E-state index in [0.717, 1.165) is 5.56 Å². The smallest absolute Gasteiger partial charge is 0.224 e. The summed E-state index contributed by atoms with van der Waals surface area (Å²) in [5.74, 6) is -0.123. The predicted molar refractivity (Wildman–Crippen MR) is 74.7 cm³/mol. The van der Waals surface area contributed by atoms with Crippen LogP contribution in [0.15, 0.2) is 24.3 Å². The third kappa shape index (κ3) is 6.22. The Morgan fingerprint density at radius 2 is 2.05 bits per heavy atom. The number of hydrogen-bond donors (Lipinski definition) is 3. The number of anilines is 1. The topological polar surface area (TPSA) is 84.6 Å². The Labute approximate surface area is 113 Å². The highest BCUT2D eigenvalue weighted by Gasteiger charge is 2.20. The quantitative estimate of drug-likeness (QED) is 0.635. The van der Waals surface area contributed by atoms with Gasteiger partial charge in [0.05, 0.1) is 12.0 Å². The summed E-state index contributed by atoms with van der Waals surface area (Å²) in [5.41, 5.74) is 6.19. The second-order valence-electron chi connectivity index (χ2n) is 4.93. The number of amides is 1. The lowest BCUT2D eigenvalue weighted by Crippen LogP contribution is -2.41. The molecule has 19 heavy (non-hydrogen) atoms. The average molecular weight is 266 g/mol. The maximum absolute atomic E-state index is 11.7. The Morgan fingerprint density at radius 3 is 2.63 bits per heavy atom. The molecule has 0 spiro atoms. The van der Waals surface area contributed by atoms with E-state index in [1.807, 2.05) is 12.1 Å². The summed E-state index contributed by atoms with van der Waals surface area (Å²) in [6.07, 6.45) is 0.756. The lowest BCUT2D eigenvalue weighted by Gasteiger charge is -2.23. The normalized spacial score (nSPS) is 13.8. The van der Waals surface area contributed by atoms with Crippen LogP contribution in [0.3, 0.4) is 0 Å². The number of benzene rings is 1. The minimum atomic E-state index is -0.952. The van der Waals surface area contributed by atoms with Gasteiger partial charge in [0.2, 0.25) is 5.91 Å². The van der Waals surface area contributed by atoms with E-state index < -0.39 is 5.60 Å². The molecule has 0 bridgehead atoms. The molecular formula is C14H22N2O3. The third-order valence-corrected chi connectivity index (χ3v) is 2.86. The molecule has 0 saturated carbocycles. The average Bonchev–Trinajstić information content (AvgIpc) is 2.37. The van der Waals surface area contributed by atoms with Gasteiger partial charge in [0.1, 0.15) is 0 Å². The van der Waals surface area contributed by atoms with E-state index >= 15 is 0 Å². The van der Waals surface area contributed by atoms with Gasteiger partial charge in [-0.1, -0.05) is 12.1 Å². The molecule has 0 aliphatic heterocycles. The van der Waals surface area contributed by atoms with E-state index in [4.69, 9.17) is 10.5 Å². The highest BCUT2D eigenvalue weighted by atomic mass is 16.5. The van der Waals surface area contributed by atoms with Crippen molar-refractivity contribution in [2.45, 2.75) is 25.4 Å². The number of ether oxygens (including phenoxy) is 1. The number of nitrogens with two attached hydrogens (primary N) is 1. The number of nitrogen functional groups attached to an aromatic ring is 1. The first-order chi connectivity index (χ1) is 8.93. The maximum atomic E-state index is 11.7. The standard InChI is InChI=1S/C14H22N2O3/c1-14(18,7-8-19-2)10-16-13(17)9-11-3-5-12(15)6-4-11/h3-6,18H,7-10,15H2,1-2H3,(H,16,17). The molecule has 0 saturated heterocycles. The van der Waals surface area contributed by atoms with Crippen LogP contribution in [0.4, 0.5) is 5.69 Å². The zero-order valence-corrected chi connectivity index (χ0v) is 11.5. The van der Waals surface area contributed by atoms with Crippen LogP contribution in [0.5, 0.6) is 0 Å². The molecule has 0 heterocycles. The van der Waals surface area contributed by atoms with Crippen LogP contribution in [0.2, 0.25) is 0 Å². The first-order valence-electron chi connectivity index (χ1n) is 6.25. The van der Waals surface area contributed by atoms with E-state index in [0.29, 0.717) is 18.7 Å². The van der Waals surface area contributed by atoms with Gasteiger partial charge in [-0.3, -0.25) is 4.79 Å². The van der Waals surface area contributed by atoms with E-state index in [9.17, 15) is 9.90 Å². The zero-order valence-electron chi connectivity index (χ0n) is 11.5. The molecule has 0 fully saturated rings. The van der Waals surface area contributed by atoms with Crippen molar-refractivity contribution in [3.8, 4) is 0 Å². The van der Waals surface area contributed by atoms with Gasteiger partial charge >= 0.3 is 0 Å². The molecule has 5 nitrogen and oxygen atoms in total. The summed E-state index contributed by atoms with van der Waals surface area (Å²) in [7, 11) is 1.58. The Morgan fingerprint density at radius 1 is 1.42 bits per heavy atom. The van der Waals surface area contributed by atoms with E-state index in [1.165, 1.54) is 0 Å². The van der Waals surface area contributed by atoms with Gasteiger partial charge < -0.3 is 20.9 Å². The van der Waals surface area contributed by atoms with Crippen LogP contribution in [0, 0.1) is 0 Å². The van der Waals surface area contributed by atoms with Crippen LogP contribution >= 0.6 is 0 Å². The van der Waals surface area contributed by atoms with E-state index in [1.54, 1.807) is 26.2 Å². The van der Waals surface area contributed by atoms with Crippen molar-refractivity contribution in [2.24, 2.45) is 0 Å². The Bertz CT molecular complexity index is 402. The summed E-state index contributed by atoms with van der Waals surface area (Å²) in [5, 5.41) is 12.7. The summed E-state index contributed by atoms with van der Waals surface area (Å²) in [6.45, 7) is 2.35. The second-order valence-corrected chi connectivity index (χ2v) is 4.93. The molecule has 1 unspecified atom stereocenters. The largest absolute Gasteiger partial charge is 0.399 e. The van der Waals surface area contributed by atoms with Crippen LogP contribution in [-0.4, -0.2) is 36.9 Å². The number of nitrogens with one attached hydrogen (secondary N) is 1. The SMILES string of the molecule is COCCC(C)(O)CNC(=O)Cc1ccc(N)cc1. The number of carbonyl (C=O) groups is 1. The lowest BCUT2D eigenvalue weighted by molar-refractivity contribution is -0.121. The highest BCUT2D eigenvalue weighted by molar-refractivity contribution is 5.78. The fourth-order valence-corrected chi connectivity index (χ4v) is 1.58. The monoisotopic (exact) mass is 266 g/mol. The molecule has 0 radical (unpaired) electrons. The van der Waals surface area contributed by atoms with Gasteiger partial charge in [-0.25, -0.2) is 0 Å². The first-order valence-corrected chi connectivity index (χ1v) is 6.25. The fourth-order valence-electron chi connectivity index (χ4n) is 1.58. The molecule has 1 aromatic rings. The molecule has 0 aliphatic rings. The molecule has 1 amide bonds. The molecule has 1 aromatic carbocycles. The Kier molecular flexibility index (Phi) is 5.79. The minimum absolute atomic E-state index is 0.123. The van der Waals surface area contributed by atoms with Crippen molar-refractivity contribution in [3.63, 3.8) is 0 Å². The predicted octanol–water partition coefficient (Wildman–Crippen LogP) is 0.715. The van der Waals surface area contributed by atoms with Crippen molar-refractivity contribution in [1.82, 2.24) is 5.32 Å². The number of carbonyl (C=O) groups excluding carboxylic acids is 1. The van der Waals surface area contributed by atoms with Crippen LogP contribution in [0.25, 0.3) is 0 Å². The van der Waals surface area contributed by atoms with E-state index in [-0.39, 0.29) is 18.9 Å². The summed E-state index contributed by atoms with van der Waals surface area (Å²) < 4.78 is 4.91. The second kappa shape index (κ2) is 7.11. The summed E-state index contributed by atoms with van der Waals surface area (Å²) in [4.78, 5) is 11.7. The van der Waals surface area contributed by atoms with E-state index in [2.05, 4.69) is 5.32 Å². The lowest BCUT2D eigenvalue weighted by atomic mass is 10.0. The summed E-state index contributed by atoms with van der Waals surface area (Å²) in [6, 6.07) is 7.16.